The molecule has 2 aromatic heterocycles. The van der Waals surface area contributed by atoms with Gasteiger partial charge in [-0.3, -0.25) is 0 Å². The summed E-state index contributed by atoms with van der Waals surface area (Å²) in [5, 5.41) is 9.79. The van der Waals surface area contributed by atoms with Crippen LogP contribution in [-0.2, 0) is 38.8 Å². The second-order valence-corrected chi connectivity index (χ2v) is 14.4. The van der Waals surface area contributed by atoms with E-state index in [0.29, 0.717) is 0 Å². The molecule has 8 aromatic rings. The number of hydrogen-bond acceptors (Lipinski definition) is 3. The third-order valence-electron chi connectivity index (χ3n) is 11.2. The molecule has 2 N–H and O–H groups in total. The first-order chi connectivity index (χ1) is 26.3. The van der Waals surface area contributed by atoms with Crippen LogP contribution in [0.15, 0.2) is 146 Å². The Labute approximate surface area is 310 Å². The van der Waals surface area contributed by atoms with Crippen LogP contribution in [0, 0.1) is 0 Å². The van der Waals surface area contributed by atoms with E-state index >= 15 is 0 Å². The summed E-state index contributed by atoms with van der Waals surface area (Å²) in [6, 6.07) is 52.6. The molecule has 0 spiro atoms. The Kier molecular flexibility index (Phi) is 8.16. The van der Waals surface area contributed by atoms with Crippen molar-refractivity contribution in [2.24, 2.45) is 0 Å². The van der Waals surface area contributed by atoms with Gasteiger partial charge in [0, 0.05) is 72.6 Å². The molecule has 10 rings (SSSR count). The minimum absolute atomic E-state index is 0.855. The molecular formula is C48H42N4O. The lowest BCUT2D eigenvalue weighted by atomic mass is 10.0. The van der Waals surface area contributed by atoms with Crippen LogP contribution in [0.5, 0.6) is 11.5 Å². The minimum atomic E-state index is 0.855. The SMILES string of the molecule is c1ccc(Cc2ccccc2-n2c3c(c4cc(Oc5ccc6c(c5)c5c(n6-c6ccccc6Cc6ccccc6)CCNC5)ccc42)CNCC3)cc1. The van der Waals surface area contributed by atoms with Crippen molar-refractivity contribution in [1.29, 1.82) is 0 Å². The summed E-state index contributed by atoms with van der Waals surface area (Å²) in [5.74, 6) is 1.72. The molecule has 5 heteroatoms. The second-order valence-electron chi connectivity index (χ2n) is 14.4. The fourth-order valence-electron chi connectivity index (χ4n) is 8.74. The highest BCUT2D eigenvalue weighted by molar-refractivity contribution is 5.91. The van der Waals surface area contributed by atoms with Gasteiger partial charge in [0.05, 0.1) is 11.0 Å². The summed E-state index contributed by atoms with van der Waals surface area (Å²) < 4.78 is 11.8. The van der Waals surface area contributed by atoms with Crippen molar-refractivity contribution < 1.29 is 4.74 Å². The van der Waals surface area contributed by atoms with Crippen LogP contribution < -0.4 is 15.4 Å². The summed E-state index contributed by atoms with van der Waals surface area (Å²) in [6.07, 6.45) is 3.77. The molecule has 260 valence electrons. The van der Waals surface area contributed by atoms with Crippen molar-refractivity contribution in [3.63, 3.8) is 0 Å². The Balaban J connectivity index is 1.03. The van der Waals surface area contributed by atoms with Crippen LogP contribution in [-0.4, -0.2) is 22.2 Å². The first-order valence-electron chi connectivity index (χ1n) is 18.9. The predicted molar refractivity (Wildman–Crippen MR) is 216 cm³/mol. The van der Waals surface area contributed by atoms with Gasteiger partial charge in [-0.15, -0.1) is 0 Å². The average molecular weight is 691 g/mol. The number of nitrogens with zero attached hydrogens (tertiary/aromatic N) is 2. The fraction of sp³-hybridized carbons (Fsp3) is 0.167. The van der Waals surface area contributed by atoms with Gasteiger partial charge in [0.25, 0.3) is 0 Å². The highest BCUT2D eigenvalue weighted by Crippen LogP contribution is 2.39. The van der Waals surface area contributed by atoms with Gasteiger partial charge in [0.15, 0.2) is 0 Å². The van der Waals surface area contributed by atoms with Crippen LogP contribution in [0.1, 0.15) is 44.8 Å². The Hall–Kier alpha value is -5.88. The maximum atomic E-state index is 6.75. The fourth-order valence-corrected chi connectivity index (χ4v) is 8.74. The quantitative estimate of drug-likeness (QED) is 0.167. The average Bonchev–Trinajstić information content (AvgIpc) is 3.71. The van der Waals surface area contributed by atoms with E-state index in [2.05, 4.69) is 165 Å². The van der Waals surface area contributed by atoms with Gasteiger partial charge in [0.2, 0.25) is 0 Å². The molecular weight excluding hydrogens is 649 g/mol. The molecule has 2 aliphatic heterocycles. The lowest BCUT2D eigenvalue weighted by Crippen LogP contribution is -2.24. The molecule has 4 heterocycles. The molecule has 0 aliphatic carbocycles. The van der Waals surface area contributed by atoms with Gasteiger partial charge in [-0.25, -0.2) is 0 Å². The zero-order valence-corrected chi connectivity index (χ0v) is 29.8. The lowest BCUT2D eigenvalue weighted by Gasteiger charge is -2.19. The van der Waals surface area contributed by atoms with Crippen LogP contribution in [0.4, 0.5) is 0 Å². The smallest absolute Gasteiger partial charge is 0.128 e. The summed E-state index contributed by atoms with van der Waals surface area (Å²) in [4.78, 5) is 0. The van der Waals surface area contributed by atoms with Gasteiger partial charge in [-0.1, -0.05) is 97.1 Å². The standard InChI is InChI=1S/C48H42N4O/c1-3-11-33(12-4-1)27-35-15-7-9-17-43(35)51-45-21-19-37(29-39(45)41-31-49-25-23-47(41)51)53-38-20-22-46-40(30-38)42-32-50-26-24-48(42)52(46)44-18-10-8-16-36(44)28-34-13-5-2-6-14-34/h1-22,29-30,49-50H,23-28,31-32H2. The monoisotopic (exact) mass is 690 g/mol. The van der Waals surface area contributed by atoms with Crippen LogP contribution in [0.3, 0.4) is 0 Å². The Bertz CT molecular complexity index is 2420. The third kappa shape index (κ3) is 5.83. The van der Waals surface area contributed by atoms with Crippen LogP contribution >= 0.6 is 0 Å². The van der Waals surface area contributed by atoms with E-state index in [1.165, 1.54) is 77.9 Å². The van der Waals surface area contributed by atoms with E-state index in [0.717, 1.165) is 63.4 Å². The van der Waals surface area contributed by atoms with Crippen LogP contribution in [0.2, 0.25) is 0 Å². The van der Waals surface area contributed by atoms with Crippen molar-refractivity contribution in [1.82, 2.24) is 19.8 Å². The first kappa shape index (κ1) is 31.8. The van der Waals surface area contributed by atoms with Crippen molar-refractivity contribution in [3.05, 3.63) is 190 Å². The number of aromatic nitrogens is 2. The summed E-state index contributed by atoms with van der Waals surface area (Å²) >= 11 is 0. The summed E-state index contributed by atoms with van der Waals surface area (Å²) in [6.45, 7) is 3.66. The molecule has 6 aromatic carbocycles. The summed E-state index contributed by atoms with van der Waals surface area (Å²) in [7, 11) is 0. The van der Waals surface area contributed by atoms with Crippen molar-refractivity contribution >= 4 is 21.8 Å². The maximum Gasteiger partial charge on any atom is 0.128 e. The Morgan fingerprint density at radius 3 is 1.38 bits per heavy atom. The van der Waals surface area contributed by atoms with E-state index in [4.69, 9.17) is 4.74 Å². The van der Waals surface area contributed by atoms with Gasteiger partial charge >= 0.3 is 0 Å². The molecule has 2 aliphatic rings. The van der Waals surface area contributed by atoms with Crippen molar-refractivity contribution in [2.45, 2.75) is 38.8 Å². The third-order valence-corrected chi connectivity index (χ3v) is 11.2. The topological polar surface area (TPSA) is 43.1 Å². The minimum Gasteiger partial charge on any atom is -0.457 e. The number of nitrogens with one attached hydrogen (secondary N) is 2. The van der Waals surface area contributed by atoms with Crippen molar-refractivity contribution in [3.8, 4) is 22.9 Å². The van der Waals surface area contributed by atoms with E-state index < -0.39 is 0 Å². The zero-order chi connectivity index (χ0) is 35.1. The molecule has 0 amide bonds. The first-order valence-corrected chi connectivity index (χ1v) is 18.9. The van der Waals surface area contributed by atoms with Crippen LogP contribution in [0.25, 0.3) is 33.2 Å². The highest BCUT2D eigenvalue weighted by atomic mass is 16.5. The van der Waals surface area contributed by atoms with Gasteiger partial charge in [0.1, 0.15) is 11.5 Å². The molecule has 0 saturated carbocycles. The van der Waals surface area contributed by atoms with E-state index in [-0.39, 0.29) is 0 Å². The lowest BCUT2D eigenvalue weighted by molar-refractivity contribution is 0.484. The number of hydrogen-bond donors (Lipinski definition) is 2. The van der Waals surface area contributed by atoms with Gasteiger partial charge in [-0.2, -0.15) is 0 Å². The molecule has 53 heavy (non-hydrogen) atoms. The Morgan fingerprint density at radius 1 is 0.472 bits per heavy atom. The highest BCUT2D eigenvalue weighted by Gasteiger charge is 2.25. The van der Waals surface area contributed by atoms with Gasteiger partial charge in [-0.05, 0) is 94.8 Å². The number of benzene rings is 6. The molecule has 0 unspecified atom stereocenters. The van der Waals surface area contributed by atoms with E-state index in [1.807, 2.05) is 0 Å². The van der Waals surface area contributed by atoms with E-state index in [9.17, 15) is 0 Å². The zero-order valence-electron chi connectivity index (χ0n) is 29.8. The molecule has 0 atom stereocenters. The normalized spacial score (nSPS) is 14.0. The number of ether oxygens (including phenoxy) is 1. The molecule has 0 bridgehead atoms. The number of para-hydroxylation sites is 2. The molecule has 5 nitrogen and oxygen atoms in total. The molecule has 0 saturated heterocycles. The largest absolute Gasteiger partial charge is 0.457 e. The van der Waals surface area contributed by atoms with Crippen molar-refractivity contribution in [2.75, 3.05) is 13.1 Å². The molecule has 0 radical (unpaired) electrons. The molecule has 0 fully saturated rings. The summed E-state index contributed by atoms with van der Waals surface area (Å²) in [5.41, 5.74) is 15.8. The Morgan fingerprint density at radius 2 is 0.906 bits per heavy atom. The number of rotatable bonds is 8. The number of fused-ring (bicyclic) bond motifs is 6. The van der Waals surface area contributed by atoms with E-state index in [1.54, 1.807) is 0 Å². The predicted octanol–water partition coefficient (Wildman–Crippen LogP) is 9.84. The maximum absolute atomic E-state index is 6.75. The van der Waals surface area contributed by atoms with Gasteiger partial charge < -0.3 is 24.5 Å². The second kappa shape index (κ2) is 13.6.